The minimum absolute atomic E-state index is 0.174. The Kier molecular flexibility index (Phi) is 9.65. The quantitative estimate of drug-likeness (QED) is 0.155. The first-order valence-electron chi connectivity index (χ1n) is 14.8. The van der Waals surface area contributed by atoms with Gasteiger partial charge in [-0.3, -0.25) is 14.2 Å². The molecule has 1 amide bonds. The van der Waals surface area contributed by atoms with Gasteiger partial charge in [0.25, 0.3) is 11.5 Å². The first kappa shape index (κ1) is 30.8. The van der Waals surface area contributed by atoms with Gasteiger partial charge in [-0.2, -0.15) is 0 Å². The molecule has 0 bridgehead atoms. The van der Waals surface area contributed by atoms with Crippen LogP contribution in [0.1, 0.15) is 53.6 Å². The molecule has 0 aliphatic heterocycles. The smallest absolute Gasteiger partial charge is 0.266 e. The Morgan fingerprint density at radius 2 is 1.57 bits per heavy atom. The lowest BCUT2D eigenvalue weighted by molar-refractivity contribution is 0.0661. The van der Waals surface area contributed by atoms with E-state index in [1.54, 1.807) is 49.1 Å². The van der Waals surface area contributed by atoms with Crippen molar-refractivity contribution in [2.75, 3.05) is 20.8 Å². The molecule has 0 radical (unpaired) electrons. The van der Waals surface area contributed by atoms with Gasteiger partial charge in [0.1, 0.15) is 5.82 Å². The van der Waals surface area contributed by atoms with Gasteiger partial charge >= 0.3 is 0 Å². The van der Waals surface area contributed by atoms with Crippen LogP contribution >= 0.6 is 11.6 Å². The van der Waals surface area contributed by atoms with Crippen LogP contribution in [-0.2, 0) is 12.8 Å². The number of aryl methyl sites for hydroxylation is 1. The monoisotopic (exact) mass is 609 g/mol. The molecule has 7 nitrogen and oxygen atoms in total. The van der Waals surface area contributed by atoms with Crippen LogP contribution in [0.15, 0.2) is 95.8 Å². The number of nitrogens with zero attached hydrogens (tertiary/aromatic N) is 3. The second-order valence-corrected chi connectivity index (χ2v) is 11.0. The van der Waals surface area contributed by atoms with Gasteiger partial charge in [0.15, 0.2) is 11.5 Å². The molecule has 0 fully saturated rings. The molecule has 1 heterocycles. The van der Waals surface area contributed by atoms with Crippen molar-refractivity contribution in [1.82, 2.24) is 14.5 Å². The molecule has 0 saturated carbocycles. The molecular formula is C36H36ClN3O4. The topological polar surface area (TPSA) is 73.7 Å². The summed E-state index contributed by atoms with van der Waals surface area (Å²) in [4.78, 5) is 35.3. The van der Waals surface area contributed by atoms with E-state index in [4.69, 9.17) is 26.1 Å². The van der Waals surface area contributed by atoms with E-state index >= 15 is 0 Å². The summed E-state index contributed by atoms with van der Waals surface area (Å²) >= 11 is 6.16. The van der Waals surface area contributed by atoms with Crippen LogP contribution in [0.25, 0.3) is 16.6 Å². The van der Waals surface area contributed by atoms with Crippen molar-refractivity contribution in [2.24, 2.45) is 0 Å². The summed E-state index contributed by atoms with van der Waals surface area (Å²) < 4.78 is 12.6. The minimum atomic E-state index is -0.513. The normalized spacial score (nSPS) is 11.8. The summed E-state index contributed by atoms with van der Waals surface area (Å²) in [7, 11) is 3.20. The maximum absolute atomic E-state index is 14.3. The van der Waals surface area contributed by atoms with Crippen LogP contribution < -0.4 is 15.0 Å². The number of halogens is 1. The Labute approximate surface area is 262 Å². The summed E-state index contributed by atoms with van der Waals surface area (Å²) in [6.45, 7) is 4.47. The zero-order valence-corrected chi connectivity index (χ0v) is 26.2. The predicted molar refractivity (Wildman–Crippen MR) is 175 cm³/mol. The minimum Gasteiger partial charge on any atom is -0.493 e. The average Bonchev–Trinajstić information content (AvgIpc) is 3.06. The van der Waals surface area contributed by atoms with Gasteiger partial charge in [0, 0.05) is 17.1 Å². The second-order valence-electron chi connectivity index (χ2n) is 10.5. The highest BCUT2D eigenvalue weighted by Gasteiger charge is 2.30. The Bertz CT molecular complexity index is 1820. The molecule has 0 spiro atoms. The molecule has 226 valence electrons. The van der Waals surface area contributed by atoms with Crippen LogP contribution in [0.3, 0.4) is 0 Å². The largest absolute Gasteiger partial charge is 0.493 e. The zero-order valence-electron chi connectivity index (χ0n) is 25.4. The second kappa shape index (κ2) is 13.8. The number of para-hydroxylation sites is 1. The van der Waals surface area contributed by atoms with Crippen molar-refractivity contribution in [1.29, 1.82) is 0 Å². The third kappa shape index (κ3) is 6.33. The van der Waals surface area contributed by atoms with Crippen LogP contribution in [0, 0.1) is 0 Å². The van der Waals surface area contributed by atoms with Crippen LogP contribution in [0.4, 0.5) is 0 Å². The molecule has 1 aromatic heterocycles. The number of carbonyl (C=O) groups is 1. The molecule has 8 heteroatoms. The lowest BCUT2D eigenvalue weighted by Crippen LogP contribution is -2.39. The Morgan fingerprint density at radius 1 is 0.886 bits per heavy atom. The molecule has 44 heavy (non-hydrogen) atoms. The van der Waals surface area contributed by atoms with Gasteiger partial charge in [-0.25, -0.2) is 4.98 Å². The van der Waals surface area contributed by atoms with E-state index in [1.807, 2.05) is 72.5 Å². The number of rotatable bonds is 11. The van der Waals surface area contributed by atoms with Crippen molar-refractivity contribution in [3.05, 3.63) is 129 Å². The van der Waals surface area contributed by atoms with E-state index in [1.165, 1.54) is 5.56 Å². The van der Waals surface area contributed by atoms with Crippen LogP contribution in [0.2, 0.25) is 5.02 Å². The summed E-state index contributed by atoms with van der Waals surface area (Å²) in [5, 5.41) is 1.07. The number of amides is 1. The highest BCUT2D eigenvalue weighted by Crippen LogP contribution is 2.31. The summed E-state index contributed by atoms with van der Waals surface area (Å²) in [5.74, 6) is 1.59. The lowest BCUT2D eigenvalue weighted by atomic mass is 10.0. The number of hydrogen-bond acceptors (Lipinski definition) is 5. The number of methoxy groups -OCH3 is 2. The molecule has 0 saturated heterocycles. The maximum Gasteiger partial charge on any atom is 0.266 e. The molecular weight excluding hydrogens is 574 g/mol. The molecule has 5 rings (SSSR count). The van der Waals surface area contributed by atoms with E-state index < -0.39 is 6.04 Å². The summed E-state index contributed by atoms with van der Waals surface area (Å²) in [6, 6.07) is 27.4. The highest BCUT2D eigenvalue weighted by molar-refractivity contribution is 6.30. The van der Waals surface area contributed by atoms with E-state index in [-0.39, 0.29) is 11.5 Å². The fourth-order valence-corrected chi connectivity index (χ4v) is 5.61. The van der Waals surface area contributed by atoms with Crippen LogP contribution in [0.5, 0.6) is 11.5 Å². The Hall–Kier alpha value is -4.62. The fourth-order valence-electron chi connectivity index (χ4n) is 5.49. The van der Waals surface area contributed by atoms with Gasteiger partial charge in [-0.15, -0.1) is 0 Å². The molecule has 5 aromatic rings. The molecule has 4 aromatic carbocycles. The first-order chi connectivity index (χ1) is 21.4. The van der Waals surface area contributed by atoms with Gasteiger partial charge in [-0.1, -0.05) is 55.8 Å². The third-order valence-electron chi connectivity index (χ3n) is 7.91. The van der Waals surface area contributed by atoms with Crippen molar-refractivity contribution in [3.8, 4) is 17.2 Å². The number of hydrogen-bond donors (Lipinski definition) is 0. The van der Waals surface area contributed by atoms with Gasteiger partial charge in [0.2, 0.25) is 0 Å². The number of aromatic nitrogens is 2. The average molecular weight is 610 g/mol. The lowest BCUT2D eigenvalue weighted by Gasteiger charge is -2.32. The standard InChI is InChI=1S/C36H36ClN3O4/c1-5-24-11-18-28(19-12-24)40-34(38-30-10-8-7-9-29(30)36(40)42)31(6-2)39(35(41)26-14-16-27(37)17-15-26)22-21-25-13-20-32(43-3)33(23-25)44-4/h7-20,23,31H,5-6,21-22H2,1-4H3. The Balaban J connectivity index is 1.65. The fraction of sp³-hybridized carbons (Fsp3) is 0.250. The van der Waals surface area contributed by atoms with Crippen molar-refractivity contribution >= 4 is 28.4 Å². The zero-order chi connectivity index (χ0) is 31.2. The number of fused-ring (bicyclic) bond motifs is 1. The van der Waals surface area contributed by atoms with Crippen LogP contribution in [-0.4, -0.2) is 41.1 Å². The number of ether oxygens (including phenoxy) is 2. The third-order valence-corrected chi connectivity index (χ3v) is 8.16. The van der Waals surface area contributed by atoms with Crippen molar-refractivity contribution in [2.45, 2.75) is 39.2 Å². The molecule has 1 unspecified atom stereocenters. The van der Waals surface area contributed by atoms with Gasteiger partial charge in [0.05, 0.1) is 36.9 Å². The predicted octanol–water partition coefficient (Wildman–Crippen LogP) is 7.45. The van der Waals surface area contributed by atoms with Gasteiger partial charge in [-0.05, 0) is 91.1 Å². The summed E-state index contributed by atoms with van der Waals surface area (Å²) in [6.07, 6.45) is 1.96. The van der Waals surface area contributed by atoms with E-state index in [0.29, 0.717) is 63.9 Å². The van der Waals surface area contributed by atoms with Crippen molar-refractivity contribution in [3.63, 3.8) is 0 Å². The van der Waals surface area contributed by atoms with Gasteiger partial charge < -0.3 is 14.4 Å². The summed E-state index contributed by atoms with van der Waals surface area (Å²) in [5.41, 5.74) is 3.77. The molecule has 0 N–H and O–H groups in total. The molecule has 0 aliphatic rings. The Morgan fingerprint density at radius 3 is 2.23 bits per heavy atom. The highest BCUT2D eigenvalue weighted by atomic mass is 35.5. The molecule has 1 atom stereocenters. The number of carbonyl (C=O) groups excluding carboxylic acids is 1. The maximum atomic E-state index is 14.3. The van der Waals surface area contributed by atoms with E-state index in [2.05, 4.69) is 6.92 Å². The van der Waals surface area contributed by atoms with Crippen molar-refractivity contribution < 1.29 is 14.3 Å². The SMILES string of the molecule is CCc1ccc(-n2c(C(CC)N(CCc3ccc(OC)c(OC)c3)C(=O)c3ccc(Cl)cc3)nc3ccccc3c2=O)cc1. The van der Waals surface area contributed by atoms with E-state index in [9.17, 15) is 9.59 Å². The first-order valence-corrected chi connectivity index (χ1v) is 15.1. The van der Waals surface area contributed by atoms with E-state index in [0.717, 1.165) is 12.0 Å². The number of benzene rings is 4. The molecule has 0 aliphatic carbocycles.